The lowest BCUT2D eigenvalue weighted by molar-refractivity contribution is -0.117. The molecule has 1 unspecified atom stereocenters. The molecular weight excluding hydrogens is 242 g/mol. The van der Waals surface area contributed by atoms with Crippen molar-refractivity contribution in [2.24, 2.45) is 5.14 Å². The smallest absolute Gasteiger partial charge is 0.246 e. The summed E-state index contributed by atoms with van der Waals surface area (Å²) in [5.41, 5.74) is 1.13. The van der Waals surface area contributed by atoms with Crippen molar-refractivity contribution in [2.75, 3.05) is 10.6 Å². The Morgan fingerprint density at radius 3 is 2.65 bits per heavy atom. The maximum absolute atomic E-state index is 11.6. The van der Waals surface area contributed by atoms with E-state index in [9.17, 15) is 13.2 Å². The number of amides is 1. The molecule has 0 aliphatic carbocycles. The van der Waals surface area contributed by atoms with Crippen molar-refractivity contribution in [3.05, 3.63) is 18.2 Å². The van der Waals surface area contributed by atoms with Gasteiger partial charge in [-0.25, -0.2) is 13.6 Å². The van der Waals surface area contributed by atoms with Crippen LogP contribution in [0.4, 0.5) is 11.4 Å². The molecule has 4 N–H and O–H groups in total. The summed E-state index contributed by atoms with van der Waals surface area (Å²) in [6, 6.07) is 4.06. The first-order chi connectivity index (χ1) is 7.91. The van der Waals surface area contributed by atoms with E-state index < -0.39 is 10.0 Å². The number of benzene rings is 1. The Hall–Kier alpha value is -1.60. The zero-order valence-electron chi connectivity index (χ0n) is 9.23. The van der Waals surface area contributed by atoms with E-state index >= 15 is 0 Å². The highest BCUT2D eigenvalue weighted by atomic mass is 32.2. The van der Waals surface area contributed by atoms with Crippen LogP contribution in [0.1, 0.15) is 13.3 Å². The summed E-state index contributed by atoms with van der Waals surface area (Å²) in [5.74, 6) is -0.174. The average Bonchev–Trinajstić information content (AvgIpc) is 2.26. The number of hydrogen-bond acceptors (Lipinski definition) is 4. The molecule has 0 spiro atoms. The Kier molecular flexibility index (Phi) is 2.80. The SMILES string of the molecule is CCC1Nc2ccc(S(N)(=O)=O)cc2NC1=O. The standard InChI is InChI=1S/C10H13N3O3S/c1-2-7-10(14)13-9-5-6(17(11,15)16)3-4-8(9)12-7/h3-5,7,12H,2H2,1H3,(H,13,14)(H2,11,15,16). The number of rotatable bonds is 2. The summed E-state index contributed by atoms with van der Waals surface area (Å²) >= 11 is 0. The van der Waals surface area contributed by atoms with Crippen LogP contribution in [0.5, 0.6) is 0 Å². The lowest BCUT2D eigenvalue weighted by Crippen LogP contribution is -2.38. The van der Waals surface area contributed by atoms with E-state index in [-0.39, 0.29) is 16.8 Å². The molecule has 2 rings (SSSR count). The van der Waals surface area contributed by atoms with Crippen LogP contribution in [0.15, 0.2) is 23.1 Å². The fraction of sp³-hybridized carbons (Fsp3) is 0.300. The molecule has 0 radical (unpaired) electrons. The zero-order chi connectivity index (χ0) is 12.6. The first kappa shape index (κ1) is 11.9. The number of fused-ring (bicyclic) bond motifs is 1. The molecule has 1 aliphatic rings. The topological polar surface area (TPSA) is 101 Å². The Bertz CT molecular complexity index is 568. The van der Waals surface area contributed by atoms with Gasteiger partial charge >= 0.3 is 0 Å². The van der Waals surface area contributed by atoms with Gasteiger partial charge in [0.2, 0.25) is 15.9 Å². The second-order valence-corrected chi connectivity index (χ2v) is 5.41. The number of anilines is 2. The van der Waals surface area contributed by atoms with Gasteiger partial charge in [-0.05, 0) is 24.6 Å². The Morgan fingerprint density at radius 2 is 2.06 bits per heavy atom. The number of carbonyl (C=O) groups is 1. The maximum atomic E-state index is 11.6. The third-order valence-corrected chi connectivity index (χ3v) is 3.54. The molecule has 0 bridgehead atoms. The first-order valence-corrected chi connectivity index (χ1v) is 6.70. The molecule has 0 saturated carbocycles. The van der Waals surface area contributed by atoms with E-state index in [0.29, 0.717) is 17.8 Å². The molecular formula is C10H13N3O3S. The fourth-order valence-electron chi connectivity index (χ4n) is 1.69. The van der Waals surface area contributed by atoms with E-state index in [1.807, 2.05) is 6.92 Å². The molecule has 1 aromatic rings. The molecule has 0 fully saturated rings. The monoisotopic (exact) mass is 255 g/mol. The zero-order valence-corrected chi connectivity index (χ0v) is 10.0. The number of carbonyl (C=O) groups excluding carboxylic acids is 1. The van der Waals surface area contributed by atoms with Gasteiger partial charge in [-0.1, -0.05) is 6.92 Å². The Labute approximate surface area is 99.2 Å². The minimum Gasteiger partial charge on any atom is -0.372 e. The van der Waals surface area contributed by atoms with Gasteiger partial charge in [0, 0.05) is 0 Å². The highest BCUT2D eigenvalue weighted by Crippen LogP contribution is 2.29. The van der Waals surface area contributed by atoms with Crippen LogP contribution in [-0.4, -0.2) is 20.4 Å². The maximum Gasteiger partial charge on any atom is 0.246 e. The molecule has 1 aliphatic heterocycles. The Morgan fingerprint density at radius 1 is 1.35 bits per heavy atom. The van der Waals surface area contributed by atoms with Gasteiger partial charge in [-0.15, -0.1) is 0 Å². The molecule has 1 aromatic carbocycles. The predicted octanol–water partition coefficient (Wildman–Crippen LogP) is 0.477. The summed E-state index contributed by atoms with van der Waals surface area (Å²) in [4.78, 5) is 11.6. The van der Waals surface area contributed by atoms with Crippen LogP contribution in [0, 0.1) is 0 Å². The molecule has 0 aromatic heterocycles. The fourth-order valence-corrected chi connectivity index (χ4v) is 2.23. The van der Waals surface area contributed by atoms with E-state index in [4.69, 9.17) is 5.14 Å². The van der Waals surface area contributed by atoms with Gasteiger partial charge < -0.3 is 10.6 Å². The number of sulfonamides is 1. The number of primary sulfonamides is 1. The number of nitrogens with two attached hydrogens (primary N) is 1. The summed E-state index contributed by atoms with van der Waals surface area (Å²) in [7, 11) is -3.75. The van der Waals surface area contributed by atoms with E-state index in [1.54, 1.807) is 6.07 Å². The first-order valence-electron chi connectivity index (χ1n) is 5.16. The Balaban J connectivity index is 2.43. The van der Waals surface area contributed by atoms with Gasteiger partial charge in [0.05, 0.1) is 16.3 Å². The highest BCUT2D eigenvalue weighted by molar-refractivity contribution is 7.89. The predicted molar refractivity (Wildman–Crippen MR) is 64.1 cm³/mol. The van der Waals surface area contributed by atoms with Crippen LogP contribution in [0.3, 0.4) is 0 Å². The summed E-state index contributed by atoms with van der Waals surface area (Å²) in [5, 5.41) is 10.7. The van der Waals surface area contributed by atoms with Gasteiger partial charge in [-0.3, -0.25) is 4.79 Å². The van der Waals surface area contributed by atoms with Crippen molar-refractivity contribution in [2.45, 2.75) is 24.3 Å². The molecule has 17 heavy (non-hydrogen) atoms. The molecule has 7 heteroatoms. The second kappa shape index (κ2) is 4.01. The molecule has 6 nitrogen and oxygen atoms in total. The van der Waals surface area contributed by atoms with E-state index in [0.717, 1.165) is 0 Å². The van der Waals surface area contributed by atoms with Crippen LogP contribution in [0.2, 0.25) is 0 Å². The minimum absolute atomic E-state index is 0.0201. The van der Waals surface area contributed by atoms with Gasteiger partial charge in [0.25, 0.3) is 0 Å². The third kappa shape index (κ3) is 2.25. The van der Waals surface area contributed by atoms with Crippen LogP contribution in [-0.2, 0) is 14.8 Å². The molecule has 1 amide bonds. The van der Waals surface area contributed by atoms with Crippen molar-refractivity contribution in [1.82, 2.24) is 0 Å². The van der Waals surface area contributed by atoms with Crippen LogP contribution < -0.4 is 15.8 Å². The van der Waals surface area contributed by atoms with Gasteiger partial charge in [-0.2, -0.15) is 0 Å². The van der Waals surface area contributed by atoms with Crippen molar-refractivity contribution in [3.63, 3.8) is 0 Å². The lowest BCUT2D eigenvalue weighted by atomic mass is 10.1. The minimum atomic E-state index is -3.75. The average molecular weight is 255 g/mol. The van der Waals surface area contributed by atoms with Crippen molar-refractivity contribution >= 4 is 27.3 Å². The van der Waals surface area contributed by atoms with Gasteiger partial charge in [0.15, 0.2) is 0 Å². The van der Waals surface area contributed by atoms with Crippen LogP contribution >= 0.6 is 0 Å². The van der Waals surface area contributed by atoms with Gasteiger partial charge in [0.1, 0.15) is 6.04 Å². The summed E-state index contributed by atoms with van der Waals surface area (Å²) in [6.07, 6.45) is 0.655. The number of nitrogens with one attached hydrogen (secondary N) is 2. The second-order valence-electron chi connectivity index (χ2n) is 3.85. The normalized spacial score (nSPS) is 19.2. The summed E-state index contributed by atoms with van der Waals surface area (Å²) < 4.78 is 22.3. The van der Waals surface area contributed by atoms with E-state index in [2.05, 4.69) is 10.6 Å². The van der Waals surface area contributed by atoms with Crippen molar-refractivity contribution in [3.8, 4) is 0 Å². The van der Waals surface area contributed by atoms with Crippen molar-refractivity contribution in [1.29, 1.82) is 0 Å². The molecule has 1 heterocycles. The van der Waals surface area contributed by atoms with Crippen LogP contribution in [0.25, 0.3) is 0 Å². The lowest BCUT2D eigenvalue weighted by Gasteiger charge is -2.26. The molecule has 92 valence electrons. The quantitative estimate of drug-likeness (QED) is 0.715. The largest absolute Gasteiger partial charge is 0.372 e. The van der Waals surface area contributed by atoms with E-state index in [1.165, 1.54) is 12.1 Å². The summed E-state index contributed by atoms with van der Waals surface area (Å²) in [6.45, 7) is 1.89. The highest BCUT2D eigenvalue weighted by Gasteiger charge is 2.24. The number of hydrogen-bond donors (Lipinski definition) is 3. The molecule has 1 atom stereocenters. The molecule has 0 saturated heterocycles. The third-order valence-electron chi connectivity index (χ3n) is 2.63. The van der Waals surface area contributed by atoms with Crippen molar-refractivity contribution < 1.29 is 13.2 Å².